The van der Waals surface area contributed by atoms with Crippen molar-refractivity contribution in [2.24, 2.45) is 0 Å². The van der Waals surface area contributed by atoms with E-state index in [2.05, 4.69) is 20.1 Å². The molecule has 0 radical (unpaired) electrons. The first-order chi connectivity index (χ1) is 12.7. The largest absolute Gasteiger partial charge is 0.379 e. The molecule has 1 N–H and O–H groups in total. The average molecular weight is 374 g/mol. The Kier molecular flexibility index (Phi) is 6.88. The van der Waals surface area contributed by atoms with Crippen LogP contribution in [0.1, 0.15) is 5.56 Å². The van der Waals surface area contributed by atoms with Crippen molar-refractivity contribution in [1.29, 1.82) is 0 Å². The number of pyridine rings is 1. The van der Waals surface area contributed by atoms with Crippen molar-refractivity contribution in [3.63, 3.8) is 0 Å². The summed E-state index contributed by atoms with van der Waals surface area (Å²) in [4.78, 5) is 8.58. The second-order valence-corrected chi connectivity index (χ2v) is 6.55. The Morgan fingerprint density at radius 1 is 1.15 bits per heavy atom. The molecule has 1 aromatic carbocycles. The van der Waals surface area contributed by atoms with Gasteiger partial charge in [0.25, 0.3) is 0 Å². The van der Waals surface area contributed by atoms with Crippen molar-refractivity contribution in [3.8, 4) is 0 Å². The molecule has 0 aliphatic carbocycles. The molecule has 1 fully saturated rings. The summed E-state index contributed by atoms with van der Waals surface area (Å²) in [6, 6.07) is 10.2. The molecule has 26 heavy (non-hydrogen) atoms. The molecule has 2 heterocycles. The third-order valence-electron chi connectivity index (χ3n) is 4.30. The lowest BCUT2D eigenvalue weighted by Crippen LogP contribution is -2.43. The monoisotopic (exact) mass is 374 g/mol. The predicted octanol–water partition coefficient (Wildman–Crippen LogP) is 2.75. The first-order valence-electron chi connectivity index (χ1n) is 8.71. The summed E-state index contributed by atoms with van der Waals surface area (Å²) >= 11 is 5.62. The Morgan fingerprint density at radius 3 is 2.54 bits per heavy atom. The third kappa shape index (κ3) is 5.72. The molecule has 5 nitrogen and oxygen atoms in total. The number of halogens is 1. The summed E-state index contributed by atoms with van der Waals surface area (Å²) < 4.78 is 18.5. The van der Waals surface area contributed by atoms with Crippen LogP contribution in [0.2, 0.25) is 0 Å². The van der Waals surface area contributed by atoms with Crippen LogP contribution in [0.15, 0.2) is 48.8 Å². The zero-order chi connectivity index (χ0) is 18.2. The maximum atomic E-state index is 13.1. The number of hydrogen-bond acceptors (Lipinski definition) is 4. The van der Waals surface area contributed by atoms with Crippen molar-refractivity contribution >= 4 is 23.0 Å². The Bertz CT molecular complexity index is 692. The van der Waals surface area contributed by atoms with E-state index in [0.29, 0.717) is 11.7 Å². The summed E-state index contributed by atoms with van der Waals surface area (Å²) in [5.74, 6) is -0.262. The van der Waals surface area contributed by atoms with Gasteiger partial charge in [-0.15, -0.1) is 0 Å². The summed E-state index contributed by atoms with van der Waals surface area (Å²) in [5.41, 5.74) is 1.92. The van der Waals surface area contributed by atoms with E-state index in [0.717, 1.165) is 50.6 Å². The number of nitrogens with zero attached hydrogens (tertiary/aromatic N) is 3. The van der Waals surface area contributed by atoms with E-state index in [1.165, 1.54) is 12.1 Å². The molecule has 138 valence electrons. The van der Waals surface area contributed by atoms with E-state index < -0.39 is 0 Å². The highest BCUT2D eigenvalue weighted by Crippen LogP contribution is 2.12. The molecule has 1 saturated heterocycles. The summed E-state index contributed by atoms with van der Waals surface area (Å²) in [5, 5.41) is 3.84. The molecule has 0 bridgehead atoms. The van der Waals surface area contributed by atoms with Crippen molar-refractivity contribution < 1.29 is 9.13 Å². The summed E-state index contributed by atoms with van der Waals surface area (Å²) in [6.07, 6.45) is 3.57. The van der Waals surface area contributed by atoms with Gasteiger partial charge in [-0.1, -0.05) is 0 Å². The van der Waals surface area contributed by atoms with E-state index >= 15 is 0 Å². The number of nitrogens with one attached hydrogen (secondary N) is 1. The van der Waals surface area contributed by atoms with Gasteiger partial charge in [-0.25, -0.2) is 4.39 Å². The van der Waals surface area contributed by atoms with Crippen LogP contribution in [0.3, 0.4) is 0 Å². The molecule has 0 spiro atoms. The zero-order valence-corrected chi connectivity index (χ0v) is 15.4. The lowest BCUT2D eigenvalue weighted by molar-refractivity contribution is 0.0358. The first kappa shape index (κ1) is 18.7. The van der Waals surface area contributed by atoms with Gasteiger partial charge in [0.2, 0.25) is 0 Å². The van der Waals surface area contributed by atoms with Crippen molar-refractivity contribution in [2.75, 3.05) is 44.7 Å². The van der Waals surface area contributed by atoms with Gasteiger partial charge >= 0.3 is 0 Å². The average Bonchev–Trinajstić information content (AvgIpc) is 2.68. The molecule has 1 aliphatic heterocycles. The van der Waals surface area contributed by atoms with E-state index in [1.807, 2.05) is 12.1 Å². The predicted molar refractivity (Wildman–Crippen MR) is 105 cm³/mol. The third-order valence-corrected chi connectivity index (χ3v) is 4.66. The van der Waals surface area contributed by atoms with Gasteiger partial charge in [0.15, 0.2) is 5.11 Å². The van der Waals surface area contributed by atoms with Gasteiger partial charge in [0.1, 0.15) is 5.82 Å². The Labute approximate surface area is 158 Å². The maximum absolute atomic E-state index is 13.1. The van der Waals surface area contributed by atoms with E-state index in [9.17, 15) is 4.39 Å². The van der Waals surface area contributed by atoms with Gasteiger partial charge in [0.05, 0.1) is 13.2 Å². The normalized spacial score (nSPS) is 14.8. The number of anilines is 1. The van der Waals surface area contributed by atoms with Crippen LogP contribution in [-0.2, 0) is 11.3 Å². The molecular formula is C19H23FN4OS. The second-order valence-electron chi connectivity index (χ2n) is 6.17. The fourth-order valence-corrected chi connectivity index (χ4v) is 3.06. The first-order valence-corrected chi connectivity index (χ1v) is 9.12. The lowest BCUT2D eigenvalue weighted by Gasteiger charge is -2.31. The molecular weight excluding hydrogens is 351 g/mol. The van der Waals surface area contributed by atoms with Crippen LogP contribution < -0.4 is 5.32 Å². The standard InChI is InChI=1S/C19H23FN4OS/c20-17-1-3-18(4-2-17)22-19(26)24(15-16-5-7-21-8-6-16)10-9-23-11-13-25-14-12-23/h1-8H,9-15H2,(H,22,26). The Balaban J connectivity index is 1.64. The minimum absolute atomic E-state index is 0.262. The molecule has 1 aromatic heterocycles. The molecule has 0 unspecified atom stereocenters. The number of ether oxygens (including phenoxy) is 1. The van der Waals surface area contributed by atoms with Gasteiger partial charge < -0.3 is 15.0 Å². The van der Waals surface area contributed by atoms with E-state index in [1.54, 1.807) is 24.5 Å². The fraction of sp³-hybridized carbons (Fsp3) is 0.368. The molecule has 0 saturated carbocycles. The number of aromatic nitrogens is 1. The minimum atomic E-state index is -0.262. The molecule has 7 heteroatoms. The minimum Gasteiger partial charge on any atom is -0.379 e. The quantitative estimate of drug-likeness (QED) is 0.784. The number of thiocarbonyl (C=S) groups is 1. The highest BCUT2D eigenvalue weighted by molar-refractivity contribution is 7.80. The molecule has 2 aromatic rings. The van der Waals surface area contributed by atoms with Crippen molar-refractivity contribution in [3.05, 3.63) is 60.2 Å². The molecule has 3 rings (SSSR count). The number of hydrogen-bond donors (Lipinski definition) is 1. The maximum Gasteiger partial charge on any atom is 0.173 e. The summed E-state index contributed by atoms with van der Waals surface area (Å²) in [6.45, 7) is 5.86. The topological polar surface area (TPSA) is 40.6 Å². The number of morpholine rings is 1. The van der Waals surface area contributed by atoms with E-state index in [4.69, 9.17) is 17.0 Å². The fourth-order valence-electron chi connectivity index (χ4n) is 2.78. The van der Waals surface area contributed by atoms with Crippen LogP contribution in [0.5, 0.6) is 0 Å². The zero-order valence-electron chi connectivity index (χ0n) is 14.6. The number of benzene rings is 1. The number of rotatable bonds is 6. The van der Waals surface area contributed by atoms with Crippen molar-refractivity contribution in [1.82, 2.24) is 14.8 Å². The molecule has 1 aliphatic rings. The van der Waals surface area contributed by atoms with Gasteiger partial charge in [0, 0.05) is 50.8 Å². The van der Waals surface area contributed by atoms with Crippen LogP contribution in [0.25, 0.3) is 0 Å². The van der Waals surface area contributed by atoms with Crippen molar-refractivity contribution in [2.45, 2.75) is 6.54 Å². The van der Waals surface area contributed by atoms with Gasteiger partial charge in [-0.3, -0.25) is 9.88 Å². The molecule has 0 atom stereocenters. The highest BCUT2D eigenvalue weighted by atomic mass is 32.1. The van der Waals surface area contributed by atoms with Gasteiger partial charge in [-0.2, -0.15) is 0 Å². The summed E-state index contributed by atoms with van der Waals surface area (Å²) in [7, 11) is 0. The van der Waals surface area contributed by atoms with Crippen LogP contribution in [0.4, 0.5) is 10.1 Å². The Hall–Kier alpha value is -2.09. The SMILES string of the molecule is Fc1ccc(NC(=S)N(CCN2CCOCC2)Cc2ccncc2)cc1. The highest BCUT2D eigenvalue weighted by Gasteiger charge is 2.15. The van der Waals surface area contributed by atoms with Crippen LogP contribution in [0, 0.1) is 5.82 Å². The van der Waals surface area contributed by atoms with Gasteiger partial charge in [-0.05, 0) is 54.2 Å². The van der Waals surface area contributed by atoms with E-state index in [-0.39, 0.29) is 5.82 Å². The van der Waals surface area contributed by atoms with Crippen LogP contribution >= 0.6 is 12.2 Å². The molecule has 0 amide bonds. The lowest BCUT2D eigenvalue weighted by atomic mass is 10.2. The van der Waals surface area contributed by atoms with Crippen LogP contribution in [-0.4, -0.2) is 59.3 Å². The second kappa shape index (κ2) is 9.56. The Morgan fingerprint density at radius 2 is 1.85 bits per heavy atom. The smallest absolute Gasteiger partial charge is 0.173 e.